The molecule has 0 spiro atoms. The van der Waals surface area contributed by atoms with Crippen molar-refractivity contribution in [3.8, 4) is 23.7 Å². The number of hydrogen-bond acceptors (Lipinski definition) is 1. The zero-order valence-corrected chi connectivity index (χ0v) is 16.8. The van der Waals surface area contributed by atoms with E-state index in [9.17, 15) is 4.79 Å². The Hall–Kier alpha value is -3.75. The lowest BCUT2D eigenvalue weighted by atomic mass is 10.1. The Labute approximate surface area is 179 Å². The highest BCUT2D eigenvalue weighted by molar-refractivity contribution is 5.97. The first-order valence-corrected chi connectivity index (χ1v) is 9.95. The Morgan fingerprint density at radius 2 is 1.27 bits per heavy atom. The molecule has 3 rings (SSSR count). The maximum absolute atomic E-state index is 12.2. The first kappa shape index (κ1) is 21.0. The molecule has 0 bridgehead atoms. The average molecular weight is 389 g/mol. The lowest BCUT2D eigenvalue weighted by molar-refractivity contribution is -0.113. The molecule has 0 saturated carbocycles. The molecule has 0 aliphatic carbocycles. The second-order valence-corrected chi connectivity index (χ2v) is 6.72. The van der Waals surface area contributed by atoms with Crippen molar-refractivity contribution in [3.63, 3.8) is 0 Å². The number of rotatable bonds is 5. The van der Waals surface area contributed by atoms with E-state index in [0.717, 1.165) is 35.1 Å². The first-order chi connectivity index (χ1) is 14.7. The minimum absolute atomic E-state index is 0.126. The second-order valence-electron chi connectivity index (χ2n) is 6.72. The van der Waals surface area contributed by atoms with E-state index in [2.05, 4.69) is 35.9 Å². The van der Waals surface area contributed by atoms with E-state index in [0.29, 0.717) is 12.1 Å². The highest BCUT2D eigenvalue weighted by Gasteiger charge is 2.05. The summed E-state index contributed by atoms with van der Waals surface area (Å²) < 4.78 is 0. The Bertz CT molecular complexity index is 1020. The molecule has 0 aliphatic heterocycles. The number of benzene rings is 3. The van der Waals surface area contributed by atoms with Crippen LogP contribution < -0.4 is 5.32 Å². The van der Waals surface area contributed by atoms with Crippen molar-refractivity contribution in [3.05, 3.63) is 114 Å². The number of carbonyl (C=O) groups excluding carboxylic acids is 1. The SMILES string of the molecule is [CH2]CCC[CH]C(=O)Nc1cc(C#Cc2ccccc2)cc(C#Cc2ccccc2)c1. The van der Waals surface area contributed by atoms with Crippen LogP contribution in [-0.2, 0) is 4.79 Å². The molecule has 0 atom stereocenters. The summed E-state index contributed by atoms with van der Waals surface area (Å²) >= 11 is 0. The van der Waals surface area contributed by atoms with Crippen LogP contribution in [0.5, 0.6) is 0 Å². The van der Waals surface area contributed by atoms with Crippen LogP contribution in [0, 0.1) is 37.0 Å². The Kier molecular flexibility index (Phi) is 7.90. The topological polar surface area (TPSA) is 29.1 Å². The molecule has 2 radical (unpaired) electrons. The fourth-order valence-corrected chi connectivity index (χ4v) is 2.75. The predicted octanol–water partition coefficient (Wildman–Crippen LogP) is 5.63. The van der Waals surface area contributed by atoms with Gasteiger partial charge in [-0.2, -0.15) is 0 Å². The van der Waals surface area contributed by atoms with Gasteiger partial charge in [0.05, 0.1) is 0 Å². The van der Waals surface area contributed by atoms with Gasteiger partial charge >= 0.3 is 0 Å². The maximum atomic E-state index is 12.2. The summed E-state index contributed by atoms with van der Waals surface area (Å²) in [5.41, 5.74) is 4.15. The van der Waals surface area contributed by atoms with Crippen LogP contribution in [0.4, 0.5) is 5.69 Å². The van der Waals surface area contributed by atoms with Gasteiger partial charge < -0.3 is 5.32 Å². The molecule has 3 aromatic rings. The fourth-order valence-electron chi connectivity index (χ4n) is 2.75. The summed E-state index contributed by atoms with van der Waals surface area (Å²) in [6, 6.07) is 25.3. The van der Waals surface area contributed by atoms with Gasteiger partial charge in [-0.1, -0.05) is 79.8 Å². The number of anilines is 1. The number of unbranched alkanes of at least 4 members (excludes halogenated alkanes) is 2. The minimum Gasteiger partial charge on any atom is -0.326 e. The average Bonchev–Trinajstić information content (AvgIpc) is 2.78. The van der Waals surface area contributed by atoms with E-state index in [1.54, 1.807) is 6.42 Å². The van der Waals surface area contributed by atoms with Crippen molar-refractivity contribution in [2.45, 2.75) is 19.3 Å². The van der Waals surface area contributed by atoms with Gasteiger partial charge in [-0.15, -0.1) is 0 Å². The van der Waals surface area contributed by atoms with Crippen molar-refractivity contribution in [1.82, 2.24) is 0 Å². The van der Waals surface area contributed by atoms with Crippen molar-refractivity contribution in [2.75, 3.05) is 5.32 Å². The molecular formula is C28H23NO. The lowest BCUT2D eigenvalue weighted by Crippen LogP contribution is -2.12. The molecule has 2 nitrogen and oxygen atoms in total. The van der Waals surface area contributed by atoms with Crippen LogP contribution in [0.2, 0.25) is 0 Å². The van der Waals surface area contributed by atoms with Crippen molar-refractivity contribution in [2.24, 2.45) is 0 Å². The zero-order valence-electron chi connectivity index (χ0n) is 16.8. The summed E-state index contributed by atoms with van der Waals surface area (Å²) in [7, 11) is 0. The van der Waals surface area contributed by atoms with Gasteiger partial charge in [-0.3, -0.25) is 4.79 Å². The molecule has 30 heavy (non-hydrogen) atoms. The van der Waals surface area contributed by atoms with E-state index < -0.39 is 0 Å². The molecule has 0 aromatic heterocycles. The minimum atomic E-state index is -0.126. The zero-order chi connectivity index (χ0) is 21.0. The number of amides is 1. The molecular weight excluding hydrogens is 366 g/mol. The highest BCUT2D eigenvalue weighted by atomic mass is 16.1. The summed E-state index contributed by atoms with van der Waals surface area (Å²) in [4.78, 5) is 12.2. The molecule has 146 valence electrons. The van der Waals surface area contributed by atoms with Crippen LogP contribution in [0.15, 0.2) is 78.9 Å². The van der Waals surface area contributed by atoms with E-state index in [1.807, 2.05) is 78.9 Å². The quantitative estimate of drug-likeness (QED) is 0.444. The largest absolute Gasteiger partial charge is 0.326 e. The van der Waals surface area contributed by atoms with E-state index in [1.165, 1.54) is 0 Å². The van der Waals surface area contributed by atoms with Crippen molar-refractivity contribution in [1.29, 1.82) is 0 Å². The third kappa shape index (κ3) is 7.01. The fraction of sp³-hybridized carbons (Fsp3) is 0.107. The van der Waals surface area contributed by atoms with Crippen LogP contribution in [-0.4, -0.2) is 5.91 Å². The summed E-state index contributed by atoms with van der Waals surface area (Å²) in [5.74, 6) is 12.5. The van der Waals surface area contributed by atoms with E-state index in [-0.39, 0.29) is 5.91 Å². The van der Waals surface area contributed by atoms with Crippen molar-refractivity contribution < 1.29 is 4.79 Å². The summed E-state index contributed by atoms with van der Waals surface area (Å²) in [5, 5.41) is 2.93. The molecule has 2 heteroatoms. The van der Waals surface area contributed by atoms with Gasteiger partial charge in [-0.05, 0) is 48.9 Å². The monoisotopic (exact) mass is 389 g/mol. The normalized spacial score (nSPS) is 9.63. The maximum Gasteiger partial charge on any atom is 0.228 e. The van der Waals surface area contributed by atoms with Crippen LogP contribution in [0.1, 0.15) is 41.5 Å². The van der Waals surface area contributed by atoms with Gasteiger partial charge in [0.1, 0.15) is 0 Å². The predicted molar refractivity (Wildman–Crippen MR) is 123 cm³/mol. The summed E-state index contributed by atoms with van der Waals surface area (Å²) in [6.07, 6.45) is 4.07. The smallest absolute Gasteiger partial charge is 0.228 e. The Morgan fingerprint density at radius 1 is 0.767 bits per heavy atom. The first-order valence-electron chi connectivity index (χ1n) is 9.95. The summed E-state index contributed by atoms with van der Waals surface area (Å²) in [6.45, 7) is 3.80. The van der Waals surface area contributed by atoms with Gasteiger partial charge in [0, 0.05) is 34.4 Å². The molecule has 0 aliphatic rings. The standard InChI is InChI=1S/C28H23NO/c1-2-3-6-15-28(30)29-27-21-25(18-16-23-11-7-4-8-12-23)20-26(22-27)19-17-24-13-9-5-10-14-24/h4-5,7-15,20-22H,1-3,6H2,(H,29,30). The molecule has 0 saturated heterocycles. The van der Waals surface area contributed by atoms with Gasteiger partial charge in [0.25, 0.3) is 0 Å². The molecule has 1 N–H and O–H groups in total. The molecule has 1 amide bonds. The van der Waals surface area contributed by atoms with Gasteiger partial charge in [-0.25, -0.2) is 0 Å². The third-order valence-corrected chi connectivity index (χ3v) is 4.23. The third-order valence-electron chi connectivity index (χ3n) is 4.23. The second kappa shape index (κ2) is 11.3. The van der Waals surface area contributed by atoms with Gasteiger partial charge in [0.2, 0.25) is 5.91 Å². The highest BCUT2D eigenvalue weighted by Crippen LogP contribution is 2.15. The van der Waals surface area contributed by atoms with E-state index >= 15 is 0 Å². The van der Waals surface area contributed by atoms with Gasteiger partial charge in [0.15, 0.2) is 0 Å². The number of nitrogens with one attached hydrogen (secondary N) is 1. The van der Waals surface area contributed by atoms with E-state index in [4.69, 9.17) is 0 Å². The molecule has 0 fully saturated rings. The Morgan fingerprint density at radius 3 is 1.77 bits per heavy atom. The lowest BCUT2D eigenvalue weighted by Gasteiger charge is -2.06. The number of hydrogen-bond donors (Lipinski definition) is 1. The van der Waals surface area contributed by atoms with Crippen LogP contribution in [0.3, 0.4) is 0 Å². The molecule has 0 heterocycles. The van der Waals surface area contributed by atoms with Crippen LogP contribution in [0.25, 0.3) is 0 Å². The molecule has 0 unspecified atom stereocenters. The molecule has 3 aromatic carbocycles. The van der Waals surface area contributed by atoms with Crippen molar-refractivity contribution >= 4 is 11.6 Å². The Balaban J connectivity index is 1.87. The number of carbonyl (C=O) groups is 1. The van der Waals surface area contributed by atoms with Crippen LogP contribution >= 0.6 is 0 Å².